The van der Waals surface area contributed by atoms with Gasteiger partial charge in [-0.25, -0.2) is 0 Å². The van der Waals surface area contributed by atoms with Crippen molar-refractivity contribution in [2.45, 2.75) is 12.5 Å². The number of carbonyl (C=O) groups excluding carboxylic acids is 3. The molecule has 3 amide bonds. The Balaban J connectivity index is 1.83. The summed E-state index contributed by atoms with van der Waals surface area (Å²) >= 11 is 0. The van der Waals surface area contributed by atoms with E-state index in [1.807, 2.05) is 0 Å². The lowest BCUT2D eigenvalue weighted by atomic mass is 10.1. The van der Waals surface area contributed by atoms with Crippen molar-refractivity contribution >= 4 is 23.4 Å². The van der Waals surface area contributed by atoms with E-state index in [0.29, 0.717) is 17.7 Å². The summed E-state index contributed by atoms with van der Waals surface area (Å²) in [6.07, 6.45) is 0.690. The highest BCUT2D eigenvalue weighted by molar-refractivity contribution is 6.22. The Morgan fingerprint density at radius 1 is 1.28 bits per heavy atom. The van der Waals surface area contributed by atoms with E-state index in [1.165, 1.54) is 12.1 Å². The zero-order valence-corrected chi connectivity index (χ0v) is 9.40. The molecule has 2 unspecified atom stereocenters. The van der Waals surface area contributed by atoms with E-state index in [0.717, 1.165) is 0 Å². The number of nitrogens with one attached hydrogen (secondary N) is 2. The number of amides is 3. The predicted molar refractivity (Wildman–Crippen MR) is 63.0 cm³/mol. The highest BCUT2D eigenvalue weighted by Gasteiger charge is 2.40. The number of benzene rings is 1. The molecular formula is C12H11N3O3. The maximum atomic E-state index is 11.7. The van der Waals surface area contributed by atoms with Gasteiger partial charge in [-0.3, -0.25) is 19.7 Å². The molecule has 0 bridgehead atoms. The number of nitrogens with two attached hydrogens (primary N) is 1. The minimum absolute atomic E-state index is 0.0655. The quantitative estimate of drug-likeness (QED) is 0.631. The highest BCUT2D eigenvalue weighted by atomic mass is 16.2. The molecule has 2 atom stereocenters. The van der Waals surface area contributed by atoms with Crippen molar-refractivity contribution in [2.24, 2.45) is 11.7 Å². The molecule has 1 aromatic carbocycles. The summed E-state index contributed by atoms with van der Waals surface area (Å²) in [5, 5.41) is 4.88. The third-order valence-electron chi connectivity index (χ3n) is 3.18. The molecule has 0 spiro atoms. The van der Waals surface area contributed by atoms with Gasteiger partial charge in [0.05, 0.1) is 17.0 Å². The SMILES string of the molecule is NC1CC1C(=O)Nc1ccc2c(c1)C(=O)NC2=O. The third-order valence-corrected chi connectivity index (χ3v) is 3.18. The van der Waals surface area contributed by atoms with E-state index >= 15 is 0 Å². The van der Waals surface area contributed by atoms with Crippen LogP contribution in [0.25, 0.3) is 0 Å². The average Bonchev–Trinajstić information content (AvgIpc) is 2.99. The first kappa shape index (κ1) is 10.9. The Morgan fingerprint density at radius 2 is 1.94 bits per heavy atom. The van der Waals surface area contributed by atoms with Crippen LogP contribution in [-0.2, 0) is 4.79 Å². The number of fused-ring (bicyclic) bond motifs is 1. The zero-order valence-electron chi connectivity index (χ0n) is 9.40. The van der Waals surface area contributed by atoms with Gasteiger partial charge < -0.3 is 11.1 Å². The van der Waals surface area contributed by atoms with E-state index in [9.17, 15) is 14.4 Å². The maximum Gasteiger partial charge on any atom is 0.259 e. The fourth-order valence-electron chi connectivity index (χ4n) is 2.00. The van der Waals surface area contributed by atoms with Crippen LogP contribution in [0.15, 0.2) is 18.2 Å². The second kappa shape index (κ2) is 3.64. The molecule has 1 aliphatic heterocycles. The molecule has 1 heterocycles. The van der Waals surface area contributed by atoms with Crippen molar-refractivity contribution in [1.82, 2.24) is 5.32 Å². The van der Waals surface area contributed by atoms with Gasteiger partial charge in [-0.05, 0) is 24.6 Å². The number of anilines is 1. The molecule has 92 valence electrons. The predicted octanol–water partition coefficient (Wildman–Crippen LogP) is -0.144. The minimum Gasteiger partial charge on any atom is -0.327 e. The molecule has 0 saturated heterocycles. The van der Waals surface area contributed by atoms with Gasteiger partial charge in [0, 0.05) is 11.7 Å². The van der Waals surface area contributed by atoms with Gasteiger partial charge in [0.25, 0.3) is 11.8 Å². The van der Waals surface area contributed by atoms with Gasteiger partial charge >= 0.3 is 0 Å². The van der Waals surface area contributed by atoms with Gasteiger partial charge in [0.15, 0.2) is 0 Å². The molecule has 6 nitrogen and oxygen atoms in total. The molecule has 4 N–H and O–H groups in total. The molecular weight excluding hydrogens is 234 g/mol. The van der Waals surface area contributed by atoms with Crippen molar-refractivity contribution < 1.29 is 14.4 Å². The summed E-state index contributed by atoms with van der Waals surface area (Å²) in [6.45, 7) is 0. The van der Waals surface area contributed by atoms with Crippen molar-refractivity contribution in [1.29, 1.82) is 0 Å². The van der Waals surface area contributed by atoms with Crippen molar-refractivity contribution in [3.63, 3.8) is 0 Å². The van der Waals surface area contributed by atoms with Crippen molar-refractivity contribution in [2.75, 3.05) is 5.32 Å². The summed E-state index contributed by atoms with van der Waals surface area (Å²) in [4.78, 5) is 34.5. The first-order valence-electron chi connectivity index (χ1n) is 5.62. The largest absolute Gasteiger partial charge is 0.327 e. The summed E-state index contributed by atoms with van der Waals surface area (Å²) in [5.41, 5.74) is 6.71. The Hall–Kier alpha value is -2.21. The summed E-state index contributed by atoms with van der Waals surface area (Å²) in [5.74, 6) is -1.13. The number of hydrogen-bond donors (Lipinski definition) is 3. The third kappa shape index (κ3) is 1.67. The molecule has 0 radical (unpaired) electrons. The monoisotopic (exact) mass is 245 g/mol. The van der Waals surface area contributed by atoms with Crippen LogP contribution in [-0.4, -0.2) is 23.8 Å². The van der Waals surface area contributed by atoms with E-state index < -0.39 is 11.8 Å². The van der Waals surface area contributed by atoms with Crippen molar-refractivity contribution in [3.05, 3.63) is 29.3 Å². The molecule has 6 heteroatoms. The summed E-state index contributed by atoms with van der Waals surface area (Å²) in [7, 11) is 0. The minimum atomic E-state index is -0.436. The number of carbonyl (C=O) groups is 3. The molecule has 1 fully saturated rings. The zero-order chi connectivity index (χ0) is 12.9. The molecule has 3 rings (SSSR count). The first-order valence-corrected chi connectivity index (χ1v) is 5.62. The second-order valence-corrected chi connectivity index (χ2v) is 4.54. The number of imide groups is 1. The Morgan fingerprint density at radius 3 is 2.61 bits per heavy atom. The Labute approximate surface area is 103 Å². The molecule has 1 saturated carbocycles. The lowest BCUT2D eigenvalue weighted by molar-refractivity contribution is -0.117. The fraction of sp³-hybridized carbons (Fsp3) is 0.250. The smallest absolute Gasteiger partial charge is 0.259 e. The Kier molecular flexibility index (Phi) is 2.21. The highest BCUT2D eigenvalue weighted by Crippen LogP contribution is 2.29. The lowest BCUT2D eigenvalue weighted by Gasteiger charge is -2.05. The van der Waals surface area contributed by atoms with Crippen LogP contribution in [0, 0.1) is 5.92 Å². The number of rotatable bonds is 2. The second-order valence-electron chi connectivity index (χ2n) is 4.54. The van der Waals surface area contributed by atoms with Crippen LogP contribution in [0.3, 0.4) is 0 Å². The van der Waals surface area contributed by atoms with Crippen LogP contribution in [0.5, 0.6) is 0 Å². The van der Waals surface area contributed by atoms with Gasteiger partial charge in [0.2, 0.25) is 5.91 Å². The van der Waals surface area contributed by atoms with E-state index in [4.69, 9.17) is 5.73 Å². The van der Waals surface area contributed by atoms with Gasteiger partial charge in [-0.1, -0.05) is 0 Å². The van der Waals surface area contributed by atoms with Gasteiger partial charge in [0.1, 0.15) is 0 Å². The normalized spacial score (nSPS) is 24.5. The van der Waals surface area contributed by atoms with Crippen molar-refractivity contribution in [3.8, 4) is 0 Å². The van der Waals surface area contributed by atoms with Crippen LogP contribution in [0.2, 0.25) is 0 Å². The van der Waals surface area contributed by atoms with Crippen LogP contribution in [0.1, 0.15) is 27.1 Å². The molecule has 1 aromatic rings. The van der Waals surface area contributed by atoms with Gasteiger partial charge in [-0.2, -0.15) is 0 Å². The fourth-order valence-corrected chi connectivity index (χ4v) is 2.00. The summed E-state index contributed by atoms with van der Waals surface area (Å²) in [6, 6.07) is 4.56. The van der Waals surface area contributed by atoms with Crippen LogP contribution < -0.4 is 16.4 Å². The van der Waals surface area contributed by atoms with Crippen LogP contribution in [0.4, 0.5) is 5.69 Å². The number of hydrogen-bond acceptors (Lipinski definition) is 4. The standard InChI is InChI=1S/C12H11N3O3/c13-9-4-8(9)12(18)14-5-1-2-6-7(3-5)11(17)15-10(6)16/h1-3,8-9H,4,13H2,(H,14,18)(H,15,16,17). The molecule has 18 heavy (non-hydrogen) atoms. The van der Waals surface area contributed by atoms with E-state index in [1.54, 1.807) is 6.07 Å². The van der Waals surface area contributed by atoms with E-state index in [2.05, 4.69) is 10.6 Å². The topological polar surface area (TPSA) is 101 Å². The average molecular weight is 245 g/mol. The first-order chi connectivity index (χ1) is 8.56. The lowest BCUT2D eigenvalue weighted by Crippen LogP contribution is -2.20. The molecule has 0 aromatic heterocycles. The molecule has 1 aliphatic carbocycles. The Bertz CT molecular complexity index is 582. The van der Waals surface area contributed by atoms with Crippen LogP contribution >= 0.6 is 0 Å². The summed E-state index contributed by atoms with van der Waals surface area (Å²) < 4.78 is 0. The van der Waals surface area contributed by atoms with Gasteiger partial charge in [-0.15, -0.1) is 0 Å². The molecule has 2 aliphatic rings. The van der Waals surface area contributed by atoms with E-state index in [-0.39, 0.29) is 23.4 Å². The maximum absolute atomic E-state index is 11.7.